The van der Waals surface area contributed by atoms with Gasteiger partial charge < -0.3 is 14.6 Å². The topological polar surface area (TPSA) is 90.1 Å². The van der Waals surface area contributed by atoms with E-state index in [1.54, 1.807) is 13.0 Å². The molecule has 0 saturated carbocycles. The Morgan fingerprint density at radius 3 is 2.67 bits per heavy atom. The number of nitrogens with one attached hydrogen (secondary N) is 1. The molecule has 3 aromatic rings. The Balaban J connectivity index is 1.49. The van der Waals surface area contributed by atoms with Gasteiger partial charge >= 0.3 is 0 Å². The third-order valence-corrected chi connectivity index (χ3v) is 4.40. The molecule has 4 rings (SSSR count). The molecule has 1 aromatic carbocycles. The maximum Gasteiger partial charge on any atom is 0.273 e. The lowest BCUT2D eigenvalue weighted by Gasteiger charge is -2.13. The summed E-state index contributed by atoms with van der Waals surface area (Å²) in [5.41, 5.74) is 4.07. The highest BCUT2D eigenvalue weighted by Gasteiger charge is 2.27. The van der Waals surface area contributed by atoms with E-state index in [2.05, 4.69) is 20.4 Å². The average Bonchev–Trinajstić information content (AvgIpc) is 3.24. The van der Waals surface area contributed by atoms with Gasteiger partial charge in [-0.15, -0.1) is 0 Å². The van der Waals surface area contributed by atoms with E-state index < -0.39 is 0 Å². The molecule has 3 heterocycles. The van der Waals surface area contributed by atoms with E-state index in [4.69, 9.17) is 9.26 Å². The predicted molar refractivity (Wildman–Crippen MR) is 98.6 cm³/mol. The first-order valence-corrected chi connectivity index (χ1v) is 8.82. The van der Waals surface area contributed by atoms with Crippen molar-refractivity contribution in [2.45, 2.75) is 33.3 Å². The zero-order valence-electron chi connectivity index (χ0n) is 15.4. The first-order valence-electron chi connectivity index (χ1n) is 8.82. The standard InChI is InChI=1S/C20H20N4O3/c1-11-7-12(2)23-19(22-11)16-6-4-5-14-9-15(26-18(14)16)10-21-20(25)17-8-13(3)27-24-17/h4-8,15H,9-10H2,1-3H3,(H,21,25)/t15-/m1/s1. The summed E-state index contributed by atoms with van der Waals surface area (Å²) >= 11 is 0. The number of para-hydroxylation sites is 1. The van der Waals surface area contributed by atoms with Gasteiger partial charge in [0.05, 0.1) is 12.1 Å². The highest BCUT2D eigenvalue weighted by molar-refractivity contribution is 5.92. The average molecular weight is 364 g/mol. The van der Waals surface area contributed by atoms with Crippen molar-refractivity contribution in [3.8, 4) is 17.1 Å². The number of carbonyl (C=O) groups is 1. The Bertz CT molecular complexity index is 992. The van der Waals surface area contributed by atoms with E-state index in [0.29, 0.717) is 24.6 Å². The lowest BCUT2D eigenvalue weighted by atomic mass is 10.1. The van der Waals surface area contributed by atoms with Gasteiger partial charge in [-0.25, -0.2) is 9.97 Å². The molecule has 1 N–H and O–H groups in total. The summed E-state index contributed by atoms with van der Waals surface area (Å²) in [6.45, 7) is 6.03. The van der Waals surface area contributed by atoms with Crippen molar-refractivity contribution in [1.29, 1.82) is 0 Å². The van der Waals surface area contributed by atoms with Crippen LogP contribution in [0.15, 0.2) is 34.9 Å². The third-order valence-electron chi connectivity index (χ3n) is 4.40. The van der Waals surface area contributed by atoms with Gasteiger partial charge in [0.1, 0.15) is 17.6 Å². The molecule has 0 fully saturated rings. The second-order valence-electron chi connectivity index (χ2n) is 6.74. The summed E-state index contributed by atoms with van der Waals surface area (Å²) in [5, 5.41) is 6.58. The largest absolute Gasteiger partial charge is 0.487 e. The van der Waals surface area contributed by atoms with Crippen LogP contribution in [-0.2, 0) is 6.42 Å². The molecule has 7 nitrogen and oxygen atoms in total. The summed E-state index contributed by atoms with van der Waals surface area (Å²) < 4.78 is 11.1. The van der Waals surface area contributed by atoms with Crippen molar-refractivity contribution >= 4 is 5.91 Å². The SMILES string of the molecule is Cc1cc(C)nc(-c2cccc3c2O[C@@H](CNC(=O)c2cc(C)on2)C3)n1. The zero-order valence-corrected chi connectivity index (χ0v) is 15.4. The molecule has 138 valence electrons. The second kappa shape index (κ2) is 6.83. The fourth-order valence-corrected chi connectivity index (χ4v) is 3.25. The molecule has 0 radical (unpaired) electrons. The number of ether oxygens (including phenoxy) is 1. The van der Waals surface area contributed by atoms with Crippen molar-refractivity contribution in [2.24, 2.45) is 0 Å². The number of aryl methyl sites for hydroxylation is 3. The van der Waals surface area contributed by atoms with Crippen molar-refractivity contribution in [3.05, 3.63) is 58.7 Å². The van der Waals surface area contributed by atoms with Gasteiger partial charge in [0.2, 0.25) is 0 Å². The molecule has 27 heavy (non-hydrogen) atoms. The van der Waals surface area contributed by atoms with Crippen LogP contribution in [0.3, 0.4) is 0 Å². The molecule has 0 spiro atoms. The van der Waals surface area contributed by atoms with Crippen LogP contribution in [0, 0.1) is 20.8 Å². The number of aromatic nitrogens is 3. The van der Waals surface area contributed by atoms with E-state index >= 15 is 0 Å². The van der Waals surface area contributed by atoms with E-state index in [1.807, 2.05) is 38.1 Å². The van der Waals surface area contributed by atoms with Crippen LogP contribution < -0.4 is 10.1 Å². The van der Waals surface area contributed by atoms with Gasteiger partial charge in [-0.3, -0.25) is 4.79 Å². The van der Waals surface area contributed by atoms with Crippen LogP contribution in [0.4, 0.5) is 0 Å². The number of nitrogens with zero attached hydrogens (tertiary/aromatic N) is 3. The molecule has 1 aliphatic heterocycles. The molecule has 0 unspecified atom stereocenters. The smallest absolute Gasteiger partial charge is 0.273 e. The maximum atomic E-state index is 12.1. The Morgan fingerprint density at radius 1 is 1.19 bits per heavy atom. The molecule has 1 amide bonds. The van der Waals surface area contributed by atoms with E-state index in [-0.39, 0.29) is 17.7 Å². The molecular weight excluding hydrogens is 344 g/mol. The minimum Gasteiger partial charge on any atom is -0.487 e. The fraction of sp³-hybridized carbons (Fsp3) is 0.300. The number of rotatable bonds is 4. The number of benzene rings is 1. The summed E-state index contributed by atoms with van der Waals surface area (Å²) in [5.74, 6) is 1.78. The highest BCUT2D eigenvalue weighted by Crippen LogP contribution is 2.37. The third kappa shape index (κ3) is 3.53. The Hall–Kier alpha value is -3.22. The molecule has 0 bridgehead atoms. The quantitative estimate of drug-likeness (QED) is 0.766. The molecule has 0 aliphatic carbocycles. The number of hydrogen-bond acceptors (Lipinski definition) is 6. The van der Waals surface area contributed by atoms with Crippen molar-refractivity contribution in [3.63, 3.8) is 0 Å². The number of carbonyl (C=O) groups excluding carboxylic acids is 1. The number of hydrogen-bond donors (Lipinski definition) is 1. The molecule has 1 atom stereocenters. The number of amides is 1. The Kier molecular flexibility index (Phi) is 4.35. The van der Waals surface area contributed by atoms with Crippen LogP contribution >= 0.6 is 0 Å². The van der Waals surface area contributed by atoms with Crippen LogP contribution in [0.2, 0.25) is 0 Å². The van der Waals surface area contributed by atoms with Gasteiger partial charge in [-0.2, -0.15) is 0 Å². The van der Waals surface area contributed by atoms with Gasteiger partial charge in [0, 0.05) is 23.9 Å². The molecule has 2 aromatic heterocycles. The van der Waals surface area contributed by atoms with E-state index in [0.717, 1.165) is 28.3 Å². The van der Waals surface area contributed by atoms with Crippen LogP contribution in [0.1, 0.15) is 33.2 Å². The van der Waals surface area contributed by atoms with Crippen LogP contribution in [0.25, 0.3) is 11.4 Å². The monoisotopic (exact) mass is 364 g/mol. The lowest BCUT2D eigenvalue weighted by Crippen LogP contribution is -2.34. The summed E-state index contributed by atoms with van der Waals surface area (Å²) in [6.07, 6.45) is 0.565. The highest BCUT2D eigenvalue weighted by atomic mass is 16.5. The lowest BCUT2D eigenvalue weighted by molar-refractivity contribution is 0.0924. The van der Waals surface area contributed by atoms with Crippen LogP contribution in [0.5, 0.6) is 5.75 Å². The van der Waals surface area contributed by atoms with Gasteiger partial charge in [-0.1, -0.05) is 17.3 Å². The second-order valence-corrected chi connectivity index (χ2v) is 6.74. The minimum absolute atomic E-state index is 0.149. The maximum absolute atomic E-state index is 12.1. The van der Waals surface area contributed by atoms with Gasteiger partial charge in [-0.05, 0) is 38.5 Å². The van der Waals surface area contributed by atoms with E-state index in [1.165, 1.54) is 0 Å². The summed E-state index contributed by atoms with van der Waals surface area (Å²) in [6, 6.07) is 9.53. The molecule has 0 saturated heterocycles. The van der Waals surface area contributed by atoms with Gasteiger partial charge in [0.15, 0.2) is 11.5 Å². The van der Waals surface area contributed by atoms with E-state index in [9.17, 15) is 4.79 Å². The van der Waals surface area contributed by atoms with Crippen molar-refractivity contribution in [2.75, 3.05) is 6.54 Å². The van der Waals surface area contributed by atoms with Crippen molar-refractivity contribution < 1.29 is 14.1 Å². The molecular formula is C20H20N4O3. The van der Waals surface area contributed by atoms with Crippen LogP contribution in [-0.4, -0.2) is 33.7 Å². The molecule has 1 aliphatic rings. The molecule has 7 heteroatoms. The first kappa shape index (κ1) is 17.2. The minimum atomic E-state index is -0.274. The normalized spacial score (nSPS) is 15.3. The predicted octanol–water partition coefficient (Wildman–Crippen LogP) is 2.79. The summed E-state index contributed by atoms with van der Waals surface area (Å²) in [7, 11) is 0. The first-order chi connectivity index (χ1) is 13.0. The van der Waals surface area contributed by atoms with Crippen molar-refractivity contribution in [1.82, 2.24) is 20.4 Å². The van der Waals surface area contributed by atoms with Gasteiger partial charge in [0.25, 0.3) is 5.91 Å². The number of fused-ring (bicyclic) bond motifs is 1. The Labute approximate surface area is 156 Å². The summed E-state index contributed by atoms with van der Waals surface area (Å²) in [4.78, 5) is 21.2. The Morgan fingerprint density at radius 2 is 1.96 bits per heavy atom. The zero-order chi connectivity index (χ0) is 19.0. The fourth-order valence-electron chi connectivity index (χ4n) is 3.25.